The van der Waals surface area contributed by atoms with Gasteiger partial charge in [-0.2, -0.15) is 0 Å². The van der Waals surface area contributed by atoms with E-state index < -0.39 is 40.8 Å². The molecule has 1 aliphatic carbocycles. The molecule has 9 heteroatoms. The molecule has 0 heterocycles. The highest BCUT2D eigenvalue weighted by Crippen LogP contribution is 2.34. The lowest BCUT2D eigenvalue weighted by atomic mass is 9.74. The second kappa shape index (κ2) is 9.61. The molecule has 9 nitrogen and oxygen atoms in total. The summed E-state index contributed by atoms with van der Waals surface area (Å²) in [4.78, 5) is 34.5. The third-order valence-electron chi connectivity index (χ3n) is 5.36. The van der Waals surface area contributed by atoms with Crippen LogP contribution in [0.1, 0.15) is 44.3 Å². The number of non-ortho nitro benzene ring substituents is 1. The third-order valence-corrected chi connectivity index (χ3v) is 5.36. The minimum atomic E-state index is -1.19. The highest BCUT2D eigenvalue weighted by molar-refractivity contribution is 5.85. The predicted octanol–water partition coefficient (Wildman–Crippen LogP) is 1.63. The molecule has 0 aromatic heterocycles. The van der Waals surface area contributed by atoms with Gasteiger partial charge >= 0.3 is 5.97 Å². The summed E-state index contributed by atoms with van der Waals surface area (Å²) in [6.07, 6.45) is 0.483. The van der Waals surface area contributed by atoms with E-state index in [-0.39, 0.29) is 24.6 Å². The van der Waals surface area contributed by atoms with E-state index in [2.05, 4.69) is 5.32 Å². The molecule has 154 valence electrons. The molecule has 1 fully saturated rings. The second-order valence-corrected chi connectivity index (χ2v) is 7.39. The molecule has 0 aliphatic heterocycles. The third kappa shape index (κ3) is 5.26. The van der Waals surface area contributed by atoms with Gasteiger partial charge in [0.05, 0.1) is 28.9 Å². The molecular weight excluding hydrogens is 368 g/mol. The zero-order chi connectivity index (χ0) is 20.8. The topological polar surface area (TPSA) is 150 Å². The van der Waals surface area contributed by atoms with Gasteiger partial charge in [0.1, 0.15) is 0 Å². The van der Waals surface area contributed by atoms with E-state index in [9.17, 15) is 35.0 Å². The number of nitro groups is 1. The van der Waals surface area contributed by atoms with Crippen LogP contribution in [0.25, 0.3) is 0 Å². The number of nitrogens with zero attached hydrogens (tertiary/aromatic N) is 1. The number of benzene rings is 1. The van der Waals surface area contributed by atoms with Crippen molar-refractivity contribution in [3.8, 4) is 0 Å². The molecule has 5 atom stereocenters. The van der Waals surface area contributed by atoms with Crippen molar-refractivity contribution < 1.29 is 29.8 Å². The van der Waals surface area contributed by atoms with Crippen LogP contribution in [0.4, 0.5) is 5.69 Å². The smallest absolute Gasteiger partial charge is 0.307 e. The van der Waals surface area contributed by atoms with Crippen molar-refractivity contribution in [3.63, 3.8) is 0 Å². The van der Waals surface area contributed by atoms with E-state index >= 15 is 0 Å². The lowest BCUT2D eigenvalue weighted by Crippen LogP contribution is -2.47. The maximum atomic E-state index is 12.7. The Morgan fingerprint density at radius 2 is 1.89 bits per heavy atom. The fourth-order valence-electron chi connectivity index (χ4n) is 3.73. The number of carbonyl (C=O) groups is 2. The van der Waals surface area contributed by atoms with Crippen molar-refractivity contribution in [2.45, 2.75) is 44.8 Å². The quantitative estimate of drug-likeness (QED) is 0.386. The van der Waals surface area contributed by atoms with Crippen molar-refractivity contribution in [2.24, 2.45) is 17.8 Å². The Hall–Kier alpha value is -2.52. The average Bonchev–Trinajstić information content (AvgIpc) is 2.66. The van der Waals surface area contributed by atoms with E-state index in [1.807, 2.05) is 6.92 Å². The molecule has 2 rings (SSSR count). The Kier molecular flexibility index (Phi) is 7.47. The standard InChI is InChI=1S/C19H26N2O7/c1-11-2-7-14(15(10-11)19(25)26)18(24)20-16(8-9-22)17(23)12-3-5-13(6-4-12)21(27)28/h3-6,11,14-17,22-23H,2,7-10H2,1H3,(H,20,24)(H,25,26)/t11?,14?,15?,16?,17-/m1/s1. The molecule has 4 unspecified atom stereocenters. The van der Waals surface area contributed by atoms with Crippen LogP contribution in [0, 0.1) is 27.9 Å². The van der Waals surface area contributed by atoms with Crippen LogP contribution < -0.4 is 5.32 Å². The summed E-state index contributed by atoms with van der Waals surface area (Å²) in [6, 6.07) is 4.44. The van der Waals surface area contributed by atoms with Crippen LogP contribution in [0.15, 0.2) is 24.3 Å². The minimum absolute atomic E-state index is 0.0603. The fraction of sp³-hybridized carbons (Fsp3) is 0.579. The van der Waals surface area contributed by atoms with E-state index in [0.717, 1.165) is 6.42 Å². The summed E-state index contributed by atoms with van der Waals surface area (Å²) >= 11 is 0. The van der Waals surface area contributed by atoms with E-state index in [1.54, 1.807) is 0 Å². The highest BCUT2D eigenvalue weighted by atomic mass is 16.6. The number of carboxylic acid groups (broad SMARTS) is 1. The SMILES string of the molecule is CC1CCC(C(=O)NC(CCO)[C@H](O)c2ccc([N+](=O)[O-])cc2)C(C(=O)O)C1. The normalized spacial score (nSPS) is 24.2. The lowest BCUT2D eigenvalue weighted by molar-refractivity contribution is -0.384. The van der Waals surface area contributed by atoms with Crippen LogP contribution in [-0.4, -0.2) is 44.8 Å². The number of rotatable bonds is 8. The van der Waals surface area contributed by atoms with Crippen molar-refractivity contribution in [2.75, 3.05) is 6.61 Å². The minimum Gasteiger partial charge on any atom is -0.481 e. The predicted molar refractivity (Wildman–Crippen MR) is 99.3 cm³/mol. The van der Waals surface area contributed by atoms with Gasteiger partial charge in [-0.3, -0.25) is 19.7 Å². The van der Waals surface area contributed by atoms with Crippen LogP contribution in [0.3, 0.4) is 0 Å². The zero-order valence-electron chi connectivity index (χ0n) is 15.7. The average molecular weight is 394 g/mol. The van der Waals surface area contributed by atoms with Crippen LogP contribution in [0.2, 0.25) is 0 Å². The number of aliphatic hydroxyl groups is 2. The molecule has 1 saturated carbocycles. The Balaban J connectivity index is 2.13. The number of aliphatic carboxylic acids is 1. The Morgan fingerprint density at radius 3 is 2.43 bits per heavy atom. The molecule has 1 aromatic rings. The number of amides is 1. The molecular formula is C19H26N2O7. The van der Waals surface area contributed by atoms with Crippen molar-refractivity contribution in [3.05, 3.63) is 39.9 Å². The first kappa shape index (κ1) is 21.8. The van der Waals surface area contributed by atoms with Crippen molar-refractivity contribution in [1.82, 2.24) is 5.32 Å². The summed E-state index contributed by atoms with van der Waals surface area (Å²) in [6.45, 7) is 1.66. The van der Waals surface area contributed by atoms with Gasteiger partial charge in [0.15, 0.2) is 0 Å². The van der Waals surface area contributed by atoms with E-state index in [0.29, 0.717) is 18.4 Å². The van der Waals surface area contributed by atoms with Gasteiger partial charge < -0.3 is 20.6 Å². The highest BCUT2D eigenvalue weighted by Gasteiger charge is 2.39. The fourth-order valence-corrected chi connectivity index (χ4v) is 3.73. The molecule has 0 bridgehead atoms. The maximum absolute atomic E-state index is 12.7. The van der Waals surface area contributed by atoms with Gasteiger partial charge in [0.25, 0.3) is 5.69 Å². The number of hydrogen-bond acceptors (Lipinski definition) is 6. The summed E-state index contributed by atoms with van der Waals surface area (Å²) < 4.78 is 0. The summed E-state index contributed by atoms with van der Waals surface area (Å²) in [5, 5.41) is 42.8. The number of carboxylic acids is 1. The molecule has 0 spiro atoms. The van der Waals surface area contributed by atoms with Crippen LogP contribution >= 0.6 is 0 Å². The van der Waals surface area contributed by atoms with Crippen LogP contribution in [0.5, 0.6) is 0 Å². The van der Waals surface area contributed by atoms with Gasteiger partial charge in [-0.05, 0) is 49.3 Å². The number of nitrogens with one attached hydrogen (secondary N) is 1. The van der Waals surface area contributed by atoms with Gasteiger partial charge in [-0.1, -0.05) is 6.92 Å². The van der Waals surface area contributed by atoms with Crippen LogP contribution in [-0.2, 0) is 9.59 Å². The summed E-state index contributed by atoms with van der Waals surface area (Å²) in [7, 11) is 0. The molecule has 0 radical (unpaired) electrons. The molecule has 1 aromatic carbocycles. The van der Waals surface area contributed by atoms with Gasteiger partial charge in [0, 0.05) is 18.7 Å². The lowest BCUT2D eigenvalue weighted by Gasteiger charge is -2.33. The molecule has 28 heavy (non-hydrogen) atoms. The monoisotopic (exact) mass is 394 g/mol. The van der Waals surface area contributed by atoms with Gasteiger partial charge in [-0.15, -0.1) is 0 Å². The molecule has 1 aliphatic rings. The second-order valence-electron chi connectivity index (χ2n) is 7.39. The zero-order valence-corrected chi connectivity index (χ0v) is 15.7. The summed E-state index contributed by atoms with van der Waals surface area (Å²) in [5.74, 6) is -2.72. The molecule has 4 N–H and O–H groups in total. The van der Waals surface area contributed by atoms with E-state index in [4.69, 9.17) is 0 Å². The largest absolute Gasteiger partial charge is 0.481 e. The van der Waals surface area contributed by atoms with Gasteiger partial charge in [0.2, 0.25) is 5.91 Å². The van der Waals surface area contributed by atoms with Crippen molar-refractivity contribution in [1.29, 1.82) is 0 Å². The Labute approximate surface area is 162 Å². The number of carbonyl (C=O) groups excluding carboxylic acids is 1. The Bertz CT molecular complexity index is 707. The van der Waals surface area contributed by atoms with Crippen molar-refractivity contribution >= 4 is 17.6 Å². The first-order chi connectivity index (χ1) is 13.2. The molecule has 1 amide bonds. The number of aliphatic hydroxyl groups excluding tert-OH is 2. The first-order valence-electron chi connectivity index (χ1n) is 9.31. The number of nitro benzene ring substituents is 1. The Morgan fingerprint density at radius 1 is 1.25 bits per heavy atom. The number of hydrogen-bond donors (Lipinski definition) is 4. The summed E-state index contributed by atoms with van der Waals surface area (Å²) in [5.41, 5.74) is 0.232. The molecule has 0 saturated heterocycles. The first-order valence-corrected chi connectivity index (χ1v) is 9.31. The van der Waals surface area contributed by atoms with E-state index in [1.165, 1.54) is 24.3 Å². The maximum Gasteiger partial charge on any atom is 0.307 e. The van der Waals surface area contributed by atoms with Gasteiger partial charge in [-0.25, -0.2) is 0 Å².